The predicted octanol–water partition coefficient (Wildman–Crippen LogP) is 8.90. The van der Waals surface area contributed by atoms with Gasteiger partial charge >= 0.3 is 18.4 Å². The van der Waals surface area contributed by atoms with Gasteiger partial charge in [-0.25, -0.2) is 22.8 Å². The Morgan fingerprint density at radius 3 is 2.13 bits per heavy atom. The van der Waals surface area contributed by atoms with Gasteiger partial charge < -0.3 is 40.2 Å². The molecule has 5 rings (SSSR count). The Balaban J connectivity index is 0.000000730. The molecule has 29 heteroatoms. The summed E-state index contributed by atoms with van der Waals surface area (Å²) in [4.78, 5) is 33.7. The van der Waals surface area contributed by atoms with E-state index in [4.69, 9.17) is 51.5 Å². The van der Waals surface area contributed by atoms with Crippen LogP contribution in [-0.4, -0.2) is 149 Å². The summed E-state index contributed by atoms with van der Waals surface area (Å²) in [6, 6.07) is 7.44. The smallest absolute Gasteiger partial charge is 0.431 e. The number of hydrogen-bond acceptors (Lipinski definition) is 14. The lowest BCUT2D eigenvalue weighted by Gasteiger charge is -2.21. The van der Waals surface area contributed by atoms with Gasteiger partial charge in [-0.3, -0.25) is 14.5 Å². The van der Waals surface area contributed by atoms with Crippen LogP contribution in [0.4, 0.5) is 54.5 Å². The minimum atomic E-state index is -4.87. The molecule has 438 valence electrons. The minimum Gasteiger partial charge on any atom is -0.446 e. The number of aliphatic hydroxyl groups is 2. The van der Waals surface area contributed by atoms with Gasteiger partial charge in [-0.2, -0.15) is 44.5 Å². The van der Waals surface area contributed by atoms with Crippen LogP contribution in [0.3, 0.4) is 0 Å². The van der Waals surface area contributed by atoms with E-state index in [-0.39, 0.29) is 110 Å². The topological polar surface area (TPSA) is 213 Å². The molecule has 1 aliphatic carbocycles. The number of anilines is 1. The van der Waals surface area contributed by atoms with Gasteiger partial charge in [-0.1, -0.05) is 30.5 Å². The van der Waals surface area contributed by atoms with Crippen LogP contribution in [0.5, 0.6) is 0 Å². The first kappa shape index (κ1) is 67.7. The summed E-state index contributed by atoms with van der Waals surface area (Å²) in [6.45, 7) is 5.29. The number of allylic oxidation sites excluding steroid dienone is 2. The van der Waals surface area contributed by atoms with Gasteiger partial charge in [-0.15, -0.1) is 11.8 Å². The Bertz CT molecular complexity index is 2820. The van der Waals surface area contributed by atoms with E-state index in [1.54, 1.807) is 0 Å². The van der Waals surface area contributed by atoms with Gasteiger partial charge in [0.1, 0.15) is 52.9 Å². The first-order chi connectivity index (χ1) is 37.1. The average Bonchev–Trinajstić information content (AvgIpc) is 3.92. The number of nitrogens with one attached hydrogen (secondary N) is 1. The Morgan fingerprint density at radius 2 is 1.59 bits per heavy atom. The van der Waals surface area contributed by atoms with Crippen molar-refractivity contribution in [3.8, 4) is 23.0 Å². The summed E-state index contributed by atoms with van der Waals surface area (Å²) < 4.78 is 171. The number of pyridine rings is 1. The molecule has 1 fully saturated rings. The third-order valence-corrected chi connectivity index (χ3v) is 13.2. The van der Waals surface area contributed by atoms with Crippen LogP contribution in [0.25, 0.3) is 22.0 Å². The van der Waals surface area contributed by atoms with E-state index in [9.17, 15) is 57.7 Å². The number of aliphatic hydroxyl groups excluding tert-OH is 2. The van der Waals surface area contributed by atoms with Crippen molar-refractivity contribution in [2.24, 2.45) is 16.6 Å². The van der Waals surface area contributed by atoms with E-state index in [0.717, 1.165) is 25.5 Å². The quantitative estimate of drug-likeness (QED) is 0.0251. The molecule has 0 spiro atoms. The molecule has 5 N–H and O–H groups in total. The van der Waals surface area contributed by atoms with E-state index < -0.39 is 99.5 Å². The van der Waals surface area contributed by atoms with Crippen molar-refractivity contribution in [3.05, 3.63) is 87.3 Å². The van der Waals surface area contributed by atoms with Gasteiger partial charge in [0.15, 0.2) is 5.82 Å². The van der Waals surface area contributed by atoms with Crippen molar-refractivity contribution >= 4 is 69.3 Å². The van der Waals surface area contributed by atoms with Gasteiger partial charge in [-0.05, 0) is 81.2 Å². The van der Waals surface area contributed by atoms with Gasteiger partial charge in [0.25, 0.3) is 5.92 Å². The summed E-state index contributed by atoms with van der Waals surface area (Å²) in [5, 5.41) is 22.1. The number of alkyl halides is 8. The van der Waals surface area contributed by atoms with Crippen molar-refractivity contribution in [1.82, 2.24) is 20.1 Å². The number of ether oxygens (including phenoxy) is 4. The van der Waals surface area contributed by atoms with Crippen LogP contribution in [0.15, 0.2) is 58.7 Å². The summed E-state index contributed by atoms with van der Waals surface area (Å²) >= 11 is 8.14. The molecule has 3 atom stereocenters. The van der Waals surface area contributed by atoms with Gasteiger partial charge in [0.2, 0.25) is 6.41 Å². The Hall–Kier alpha value is -5.54. The standard InChI is InChI=1S/C39H43ClF5N5O8S2.C10H13F5N2.CH4O/c1-38(2,59-3)10-9-28-5-6-29(34(47-28)32(46-24-52)21-25-19-26(41)22-27(42)20-25)30-7-8-31(40)33-35(30)49(23-39(43,44)45)48-36(33)50(60(4)54)37(53)58-18-17-57-16-15-56-14-13-55-12-11-51;1-3-17-8-6(7(16)10(13,14)15)5(2)4-9(8,11)12;1-2/h5-8,19-20,22,24,32,51H,11-18,21,23H2,1-4H3,(H,46,52);5H,3-4,16H2,1-2H3;2H,1H3/b;7-6-,17-8?;/t;5-;/m.0./s1. The van der Waals surface area contributed by atoms with Crippen LogP contribution < -0.4 is 15.4 Å². The second-order valence-electron chi connectivity index (χ2n) is 17.2. The maximum Gasteiger partial charge on any atom is 0.431 e. The van der Waals surface area contributed by atoms with Crippen molar-refractivity contribution in [2.45, 2.75) is 76.1 Å². The molecule has 0 aliphatic heterocycles. The highest BCUT2D eigenvalue weighted by molar-refractivity contribution is 8.00. The minimum absolute atomic E-state index is 0.00766. The third-order valence-electron chi connectivity index (χ3n) is 10.9. The number of aromatic nitrogens is 3. The highest BCUT2D eigenvalue weighted by Crippen LogP contribution is 2.45. The van der Waals surface area contributed by atoms with Crippen molar-refractivity contribution in [3.63, 3.8) is 0 Å². The number of benzene rings is 2. The summed E-state index contributed by atoms with van der Waals surface area (Å²) in [7, 11) is -1.26. The zero-order chi connectivity index (χ0) is 59.5. The van der Waals surface area contributed by atoms with Crippen molar-refractivity contribution < 1.29 is 86.9 Å². The van der Waals surface area contributed by atoms with E-state index in [0.29, 0.717) is 21.5 Å². The summed E-state index contributed by atoms with van der Waals surface area (Å²) in [6.07, 6.45) is -8.49. The molecule has 1 aliphatic rings. The molecule has 4 aromatic rings. The Kier molecular flexibility index (Phi) is 26.5. The number of thioether (sulfide) groups is 1. The van der Waals surface area contributed by atoms with Crippen LogP contribution in [-0.2, 0) is 47.7 Å². The lowest BCUT2D eigenvalue weighted by atomic mass is 9.94. The first-order valence-corrected chi connectivity index (χ1v) is 26.8. The molecule has 1 saturated carbocycles. The molecule has 2 unspecified atom stereocenters. The number of aliphatic imine (C=N–C) groups is 1. The molecule has 2 aromatic carbocycles. The number of fused-ring (bicyclic) bond motifs is 1. The number of nitrogens with zero attached hydrogens (tertiary/aromatic N) is 5. The molecule has 2 aromatic heterocycles. The van der Waals surface area contributed by atoms with E-state index in [2.05, 4.69) is 27.2 Å². The lowest BCUT2D eigenvalue weighted by Crippen LogP contribution is -2.34. The predicted molar refractivity (Wildman–Crippen MR) is 280 cm³/mol. The van der Waals surface area contributed by atoms with E-state index >= 15 is 0 Å². The molecule has 16 nitrogen and oxygen atoms in total. The Labute approximate surface area is 461 Å². The normalized spacial score (nSPS) is 16.2. The summed E-state index contributed by atoms with van der Waals surface area (Å²) in [5.74, 6) is -0.471. The fraction of sp³-hybridized carbons (Fsp3) is 0.500. The third kappa shape index (κ3) is 19.9. The second kappa shape index (κ2) is 30.9. The largest absolute Gasteiger partial charge is 0.446 e. The first-order valence-electron chi connectivity index (χ1n) is 23.7. The zero-order valence-corrected chi connectivity index (χ0v) is 46.2. The van der Waals surface area contributed by atoms with Gasteiger partial charge in [0.05, 0.1) is 78.7 Å². The number of rotatable bonds is 22. The van der Waals surface area contributed by atoms with Crippen molar-refractivity contribution in [2.75, 3.05) is 83.3 Å². The highest BCUT2D eigenvalue weighted by Gasteiger charge is 2.51. The number of carbonyl (C=O) groups is 2. The molecule has 2 heterocycles. The van der Waals surface area contributed by atoms with Crippen LogP contribution in [0.2, 0.25) is 5.02 Å². The number of nitrogens with two attached hydrogens (primary N) is 1. The molecule has 79 heavy (non-hydrogen) atoms. The maximum atomic E-state index is 14.3. The number of halogens is 11. The number of amides is 2. The number of carbonyl (C=O) groups excluding carboxylic acids is 2. The van der Waals surface area contributed by atoms with E-state index in [1.165, 1.54) is 49.9 Å². The van der Waals surface area contributed by atoms with Crippen LogP contribution in [0.1, 0.15) is 57.1 Å². The molecular weight excluding hydrogens is 1130 g/mol. The maximum absolute atomic E-state index is 14.3. The Morgan fingerprint density at radius 1 is 1.01 bits per heavy atom. The van der Waals surface area contributed by atoms with Crippen LogP contribution in [0, 0.1) is 29.4 Å². The summed E-state index contributed by atoms with van der Waals surface area (Å²) in [5.41, 5.74) is 2.41. The SMILES string of the molecule is CCN=C1/C(=C(\N)C(F)(F)F)[C@@H](C)CC1(F)F.CO.CSC(C)(C)C#Cc1ccc(-c2ccc(Cl)c3c(N(C(=O)OCCOCCOCCOCCO)S(C)=O)nn(CC(F)(F)F)c23)c(C(Cc2cc(F)cc(F)c2)NC=O)n1. The fourth-order valence-electron chi connectivity index (χ4n) is 7.57. The molecule has 0 saturated heterocycles. The molecule has 0 bridgehead atoms. The molecule has 0 radical (unpaired) electrons. The monoisotopic (exact) mass is 1190 g/mol. The van der Waals surface area contributed by atoms with E-state index in [1.807, 2.05) is 20.1 Å². The fourth-order valence-corrected chi connectivity index (χ4v) is 8.60. The zero-order valence-electron chi connectivity index (χ0n) is 43.8. The second-order valence-corrected chi connectivity index (χ2v) is 20.2. The van der Waals surface area contributed by atoms with Crippen molar-refractivity contribution in [1.29, 1.82) is 0 Å². The highest BCUT2D eigenvalue weighted by atomic mass is 35.5. The van der Waals surface area contributed by atoms with Gasteiger partial charge in [0, 0.05) is 49.1 Å². The molecular formula is C50H60ClF10N7O9S2. The number of hydrogen-bond donors (Lipinski definition) is 4. The lowest BCUT2D eigenvalue weighted by molar-refractivity contribution is -0.141. The average molecular weight is 1190 g/mol. The molecule has 2 amide bonds. The van der Waals surface area contributed by atoms with Crippen LogP contribution >= 0.6 is 23.4 Å².